The molecule has 0 N–H and O–H groups in total. The van der Waals surface area contributed by atoms with Crippen molar-refractivity contribution in [2.24, 2.45) is 0 Å². The molecule has 0 radical (unpaired) electrons. The van der Waals surface area contributed by atoms with E-state index >= 15 is 0 Å². The highest BCUT2D eigenvalue weighted by atomic mass is 79.9. The van der Waals surface area contributed by atoms with Crippen LogP contribution in [0.25, 0.3) is 0 Å². The van der Waals surface area contributed by atoms with Crippen LogP contribution in [0.1, 0.15) is 0 Å². The number of benzene rings is 1. The number of ether oxygens (including phenoxy) is 2. The van der Waals surface area contributed by atoms with E-state index in [1.807, 2.05) is 18.2 Å². The maximum atomic E-state index is 5.06. The van der Waals surface area contributed by atoms with Crippen molar-refractivity contribution in [1.29, 1.82) is 0 Å². The molecule has 0 saturated carbocycles. The molecule has 0 unspecified atom stereocenters. The predicted octanol–water partition coefficient (Wildman–Crippen LogP) is 1.55. The highest BCUT2D eigenvalue weighted by Gasteiger charge is 2.01. The van der Waals surface area contributed by atoms with E-state index in [4.69, 9.17) is 9.47 Å². The van der Waals surface area contributed by atoms with Gasteiger partial charge in [-0.15, -0.1) is 0 Å². The van der Waals surface area contributed by atoms with Crippen molar-refractivity contribution in [3.05, 3.63) is 22.7 Å². The highest BCUT2D eigenvalue weighted by molar-refractivity contribution is 9.10. The average molecular weight is 243 g/mol. The first-order valence-corrected chi connectivity index (χ1v) is 3.94. The van der Waals surface area contributed by atoms with Crippen molar-refractivity contribution < 1.29 is 9.47 Å². The van der Waals surface area contributed by atoms with Gasteiger partial charge in [0.25, 0.3) is 0 Å². The Morgan fingerprint density at radius 3 is 2.17 bits per heavy atom. The molecule has 2 nitrogen and oxygen atoms in total. The molecule has 0 aliphatic heterocycles. The molecule has 1 aromatic carbocycles. The van der Waals surface area contributed by atoms with Gasteiger partial charge in [-0.3, -0.25) is 0 Å². The first-order valence-electron chi connectivity index (χ1n) is 3.15. The summed E-state index contributed by atoms with van der Waals surface area (Å²) < 4.78 is 11.1. The summed E-state index contributed by atoms with van der Waals surface area (Å²) in [6.07, 6.45) is 0. The number of rotatable bonds is 2. The molecule has 0 aromatic heterocycles. The van der Waals surface area contributed by atoms with Gasteiger partial charge in [0.2, 0.25) is 0 Å². The van der Waals surface area contributed by atoms with Gasteiger partial charge in [0, 0.05) is 4.47 Å². The minimum atomic E-state index is 0. The molecule has 1 aromatic rings. The summed E-state index contributed by atoms with van der Waals surface area (Å²) in [5.74, 6) is 1.48. The van der Waals surface area contributed by atoms with Crippen molar-refractivity contribution in [1.82, 2.24) is 0 Å². The van der Waals surface area contributed by atoms with Gasteiger partial charge in [-0.1, -0.05) is 15.9 Å². The SMILES string of the molecule is COc1ccc(Br)cc1OC.[MgH2]. The summed E-state index contributed by atoms with van der Waals surface area (Å²) in [4.78, 5) is 0. The van der Waals surface area contributed by atoms with Crippen LogP contribution in [0.5, 0.6) is 11.5 Å². The molecule has 0 atom stereocenters. The van der Waals surface area contributed by atoms with Crippen LogP contribution < -0.4 is 9.47 Å². The van der Waals surface area contributed by atoms with Crippen molar-refractivity contribution in [3.8, 4) is 11.5 Å². The molecule has 0 aliphatic carbocycles. The second-order valence-corrected chi connectivity index (χ2v) is 2.91. The third kappa shape index (κ3) is 2.84. The monoisotopic (exact) mass is 242 g/mol. The zero-order valence-electron chi connectivity index (χ0n) is 6.43. The fraction of sp³-hybridized carbons (Fsp3) is 0.250. The van der Waals surface area contributed by atoms with E-state index in [2.05, 4.69) is 15.9 Å². The summed E-state index contributed by atoms with van der Waals surface area (Å²) in [5.41, 5.74) is 0. The molecule has 0 aliphatic rings. The quantitative estimate of drug-likeness (QED) is 0.734. The molecular weight excluding hydrogens is 232 g/mol. The van der Waals surface area contributed by atoms with E-state index in [1.165, 1.54) is 0 Å². The first-order chi connectivity index (χ1) is 5.27. The fourth-order valence-corrected chi connectivity index (χ4v) is 1.15. The number of hydrogen-bond donors (Lipinski definition) is 0. The van der Waals surface area contributed by atoms with Crippen molar-refractivity contribution >= 4 is 39.0 Å². The zero-order chi connectivity index (χ0) is 8.27. The second-order valence-electron chi connectivity index (χ2n) is 2.00. The summed E-state index contributed by atoms with van der Waals surface area (Å²) >= 11 is 3.33. The zero-order valence-corrected chi connectivity index (χ0v) is 8.01. The van der Waals surface area contributed by atoms with Crippen LogP contribution in [-0.4, -0.2) is 37.3 Å². The van der Waals surface area contributed by atoms with Crippen molar-refractivity contribution in [3.63, 3.8) is 0 Å². The molecule has 4 heteroatoms. The Morgan fingerprint density at radius 1 is 1.08 bits per heavy atom. The molecule has 1 rings (SSSR count). The van der Waals surface area contributed by atoms with E-state index in [-0.39, 0.29) is 23.1 Å². The molecule has 0 saturated heterocycles. The lowest BCUT2D eigenvalue weighted by atomic mass is 10.3. The standard InChI is InChI=1S/C8H9BrO2.Mg.2H/c1-10-7-4-3-6(9)5-8(7)11-2;;;/h3-5H,1-2H3;;;. The number of halogens is 1. The van der Waals surface area contributed by atoms with Gasteiger partial charge < -0.3 is 9.47 Å². The molecule has 0 fully saturated rings. The van der Waals surface area contributed by atoms with E-state index in [9.17, 15) is 0 Å². The van der Waals surface area contributed by atoms with Crippen molar-refractivity contribution in [2.45, 2.75) is 0 Å². The van der Waals surface area contributed by atoms with Crippen LogP contribution in [0.3, 0.4) is 0 Å². The largest absolute Gasteiger partial charge is 0.493 e. The van der Waals surface area contributed by atoms with Gasteiger partial charge in [-0.05, 0) is 18.2 Å². The Morgan fingerprint density at radius 2 is 1.67 bits per heavy atom. The Balaban J connectivity index is 0.00000121. The van der Waals surface area contributed by atoms with Gasteiger partial charge in [-0.2, -0.15) is 0 Å². The Bertz CT molecular complexity index is 253. The van der Waals surface area contributed by atoms with Gasteiger partial charge >= 0.3 is 23.1 Å². The highest BCUT2D eigenvalue weighted by Crippen LogP contribution is 2.29. The molecule has 64 valence electrons. The summed E-state index contributed by atoms with van der Waals surface area (Å²) in [6, 6.07) is 5.61. The average Bonchev–Trinajstić information content (AvgIpc) is 2.04. The molecular formula is C8H11BrMgO2. The first kappa shape index (κ1) is 12.1. The van der Waals surface area contributed by atoms with Crippen molar-refractivity contribution in [2.75, 3.05) is 14.2 Å². The Labute approximate surface area is 96.5 Å². The summed E-state index contributed by atoms with van der Waals surface area (Å²) in [5, 5.41) is 0. The Kier molecular flexibility index (Phi) is 5.70. The van der Waals surface area contributed by atoms with Crippen LogP contribution in [0, 0.1) is 0 Å². The van der Waals surface area contributed by atoms with Gasteiger partial charge in [-0.25, -0.2) is 0 Å². The maximum absolute atomic E-state index is 5.06. The van der Waals surface area contributed by atoms with Gasteiger partial charge in [0.1, 0.15) is 0 Å². The van der Waals surface area contributed by atoms with Crippen LogP contribution in [0.2, 0.25) is 0 Å². The molecule has 0 bridgehead atoms. The lowest BCUT2D eigenvalue weighted by Gasteiger charge is -2.06. The minimum Gasteiger partial charge on any atom is -0.493 e. The number of hydrogen-bond acceptors (Lipinski definition) is 2. The second kappa shape index (κ2) is 5.67. The third-order valence-electron chi connectivity index (χ3n) is 1.35. The Hall–Kier alpha value is 0.0662. The van der Waals surface area contributed by atoms with E-state index < -0.39 is 0 Å². The van der Waals surface area contributed by atoms with E-state index in [0.29, 0.717) is 0 Å². The van der Waals surface area contributed by atoms with E-state index in [0.717, 1.165) is 16.0 Å². The lowest BCUT2D eigenvalue weighted by molar-refractivity contribution is 0.354. The van der Waals surface area contributed by atoms with Crippen LogP contribution in [-0.2, 0) is 0 Å². The van der Waals surface area contributed by atoms with Gasteiger partial charge in [0.05, 0.1) is 14.2 Å². The van der Waals surface area contributed by atoms with E-state index in [1.54, 1.807) is 14.2 Å². The molecule has 12 heavy (non-hydrogen) atoms. The fourth-order valence-electron chi connectivity index (χ4n) is 0.810. The molecule has 0 amide bonds. The smallest absolute Gasteiger partial charge is 0.316 e. The minimum absolute atomic E-state index is 0. The van der Waals surface area contributed by atoms with Gasteiger partial charge in [0.15, 0.2) is 11.5 Å². The van der Waals surface area contributed by atoms with Crippen LogP contribution >= 0.6 is 15.9 Å². The topological polar surface area (TPSA) is 18.5 Å². The third-order valence-corrected chi connectivity index (χ3v) is 1.84. The normalized spacial score (nSPS) is 8.58. The number of methoxy groups -OCH3 is 2. The predicted molar refractivity (Wildman–Crippen MR) is 55.8 cm³/mol. The maximum Gasteiger partial charge on any atom is 0.316 e. The molecule has 0 heterocycles. The van der Waals surface area contributed by atoms with Crippen LogP contribution in [0.4, 0.5) is 0 Å². The molecule has 0 spiro atoms. The summed E-state index contributed by atoms with van der Waals surface area (Å²) in [7, 11) is 3.23. The lowest BCUT2D eigenvalue weighted by Crippen LogP contribution is -1.89. The summed E-state index contributed by atoms with van der Waals surface area (Å²) in [6.45, 7) is 0. The van der Waals surface area contributed by atoms with Crippen LogP contribution in [0.15, 0.2) is 22.7 Å².